The van der Waals surface area contributed by atoms with Crippen LogP contribution in [0.2, 0.25) is 0 Å². The van der Waals surface area contributed by atoms with Crippen LogP contribution < -0.4 is 10.1 Å². The van der Waals surface area contributed by atoms with Crippen molar-refractivity contribution >= 4 is 0 Å². The van der Waals surface area contributed by atoms with Crippen LogP contribution in [0.3, 0.4) is 0 Å². The zero-order valence-corrected chi connectivity index (χ0v) is 13.5. The average Bonchev–Trinajstić information content (AvgIpc) is 2.58. The lowest BCUT2D eigenvalue weighted by molar-refractivity contribution is -0.274. The van der Waals surface area contributed by atoms with E-state index >= 15 is 0 Å². The van der Waals surface area contributed by atoms with Gasteiger partial charge < -0.3 is 15.2 Å². The third-order valence-electron chi connectivity index (χ3n) is 4.18. The number of hydrogen-bond donors (Lipinski definition) is 2. The monoisotopic (exact) mass is 352 g/mol. The topological polar surface area (TPSA) is 44.7 Å². The summed E-state index contributed by atoms with van der Waals surface area (Å²) in [6.45, 7) is 3.19. The molecule has 0 aliphatic carbocycles. The Hall–Kier alpha value is -2.25. The van der Waals surface area contributed by atoms with Gasteiger partial charge in [-0.3, -0.25) is 4.90 Å². The first-order valence-corrected chi connectivity index (χ1v) is 8.02. The Kier molecular flexibility index (Phi) is 5.15. The fourth-order valence-electron chi connectivity index (χ4n) is 3.10. The molecule has 0 aromatic heterocycles. The van der Waals surface area contributed by atoms with Gasteiger partial charge in [0.1, 0.15) is 11.5 Å². The molecule has 0 spiro atoms. The lowest BCUT2D eigenvalue weighted by Crippen LogP contribution is -2.45. The summed E-state index contributed by atoms with van der Waals surface area (Å²) in [5.41, 5.74) is 1.53. The highest BCUT2D eigenvalue weighted by molar-refractivity contribution is 5.42. The summed E-state index contributed by atoms with van der Waals surface area (Å²) in [4.78, 5) is 2.20. The lowest BCUT2D eigenvalue weighted by atomic mass is 9.95. The smallest absolute Gasteiger partial charge is 0.508 e. The van der Waals surface area contributed by atoms with Gasteiger partial charge in [-0.1, -0.05) is 30.3 Å². The molecule has 134 valence electrons. The molecule has 0 radical (unpaired) electrons. The maximum absolute atomic E-state index is 12.3. The number of nitrogens with zero attached hydrogens (tertiary/aromatic N) is 1. The number of para-hydroxylation sites is 1. The van der Waals surface area contributed by atoms with Crippen LogP contribution in [0.4, 0.5) is 13.2 Å². The molecule has 0 unspecified atom stereocenters. The molecule has 1 atom stereocenters. The van der Waals surface area contributed by atoms with Crippen LogP contribution in [0.5, 0.6) is 11.5 Å². The maximum atomic E-state index is 12.3. The Morgan fingerprint density at radius 1 is 1.00 bits per heavy atom. The van der Waals surface area contributed by atoms with E-state index in [2.05, 4.69) is 15.0 Å². The number of phenolic OH excluding ortho intramolecular Hbond substituents is 1. The molecule has 3 rings (SSSR count). The molecule has 1 saturated heterocycles. The zero-order chi connectivity index (χ0) is 17.9. The fraction of sp³-hybridized carbons (Fsp3) is 0.333. The van der Waals surface area contributed by atoms with Crippen LogP contribution in [-0.2, 0) is 0 Å². The first-order valence-electron chi connectivity index (χ1n) is 8.02. The predicted molar refractivity (Wildman–Crippen MR) is 87.5 cm³/mol. The van der Waals surface area contributed by atoms with E-state index < -0.39 is 6.36 Å². The molecule has 0 bridgehead atoms. The Bertz CT molecular complexity index is 698. The van der Waals surface area contributed by atoms with E-state index in [0.29, 0.717) is 0 Å². The highest BCUT2D eigenvalue weighted by Crippen LogP contribution is 2.35. The van der Waals surface area contributed by atoms with Crippen molar-refractivity contribution in [2.75, 3.05) is 26.2 Å². The maximum Gasteiger partial charge on any atom is 0.573 e. The number of hydrogen-bond acceptors (Lipinski definition) is 4. The van der Waals surface area contributed by atoms with E-state index in [9.17, 15) is 18.3 Å². The van der Waals surface area contributed by atoms with E-state index in [0.717, 1.165) is 37.3 Å². The van der Waals surface area contributed by atoms with Gasteiger partial charge in [0, 0.05) is 31.7 Å². The average molecular weight is 352 g/mol. The van der Waals surface area contributed by atoms with Gasteiger partial charge in [-0.05, 0) is 23.8 Å². The normalized spacial score (nSPS) is 17.2. The molecule has 1 aliphatic heterocycles. The largest absolute Gasteiger partial charge is 0.573 e. The van der Waals surface area contributed by atoms with Crippen LogP contribution in [0.25, 0.3) is 0 Å². The minimum absolute atomic E-state index is 0.168. The SMILES string of the molecule is Oc1ccccc1[C@H](c1ccc(OC(F)(F)F)cc1)N1CCNCC1. The van der Waals surface area contributed by atoms with E-state index in [1.54, 1.807) is 24.3 Å². The first-order chi connectivity index (χ1) is 11.9. The first kappa shape index (κ1) is 17.6. The molecule has 2 aromatic rings. The molecule has 1 aliphatic rings. The highest BCUT2D eigenvalue weighted by Gasteiger charge is 2.31. The van der Waals surface area contributed by atoms with Crippen molar-refractivity contribution in [3.05, 3.63) is 59.7 Å². The summed E-state index contributed by atoms with van der Waals surface area (Å²) >= 11 is 0. The van der Waals surface area contributed by atoms with Crippen molar-refractivity contribution in [1.29, 1.82) is 0 Å². The molecule has 2 aromatic carbocycles. The lowest BCUT2D eigenvalue weighted by Gasteiger charge is -2.35. The summed E-state index contributed by atoms with van der Waals surface area (Å²) < 4.78 is 41.0. The highest BCUT2D eigenvalue weighted by atomic mass is 19.4. The third-order valence-corrected chi connectivity index (χ3v) is 4.18. The summed E-state index contributed by atoms with van der Waals surface area (Å²) in [7, 11) is 0. The molecule has 0 saturated carbocycles. The Balaban J connectivity index is 1.93. The standard InChI is InChI=1S/C18H19F3N2O2/c19-18(20,21)25-14-7-5-13(6-8-14)17(23-11-9-22-10-12-23)15-3-1-2-4-16(15)24/h1-8,17,22,24H,9-12H2/t17-/m0/s1. The molecule has 25 heavy (non-hydrogen) atoms. The predicted octanol–water partition coefficient (Wildman–Crippen LogP) is 3.29. The zero-order valence-electron chi connectivity index (χ0n) is 13.5. The van der Waals surface area contributed by atoms with Gasteiger partial charge in [0.15, 0.2) is 0 Å². The van der Waals surface area contributed by atoms with Crippen molar-refractivity contribution in [3.8, 4) is 11.5 Å². The molecular formula is C18H19F3N2O2. The molecule has 1 fully saturated rings. The quantitative estimate of drug-likeness (QED) is 0.886. The van der Waals surface area contributed by atoms with E-state index in [1.807, 2.05) is 12.1 Å². The van der Waals surface area contributed by atoms with E-state index in [1.165, 1.54) is 12.1 Å². The van der Waals surface area contributed by atoms with Gasteiger partial charge in [-0.2, -0.15) is 0 Å². The van der Waals surface area contributed by atoms with Crippen molar-refractivity contribution in [3.63, 3.8) is 0 Å². The fourth-order valence-corrected chi connectivity index (χ4v) is 3.10. The van der Waals surface area contributed by atoms with Crippen molar-refractivity contribution in [2.45, 2.75) is 12.4 Å². The molecule has 2 N–H and O–H groups in total. The summed E-state index contributed by atoms with van der Waals surface area (Å²) in [6.07, 6.45) is -4.71. The van der Waals surface area contributed by atoms with Crippen molar-refractivity contribution < 1.29 is 23.0 Å². The van der Waals surface area contributed by atoms with Gasteiger partial charge in [0.25, 0.3) is 0 Å². The number of alkyl halides is 3. The van der Waals surface area contributed by atoms with Crippen LogP contribution in [0.1, 0.15) is 17.2 Å². The molecular weight excluding hydrogens is 333 g/mol. The van der Waals surface area contributed by atoms with E-state index in [-0.39, 0.29) is 17.5 Å². The van der Waals surface area contributed by atoms with Crippen LogP contribution in [0, 0.1) is 0 Å². The number of halogens is 3. The molecule has 4 nitrogen and oxygen atoms in total. The number of phenols is 1. The third kappa shape index (κ3) is 4.43. The Morgan fingerprint density at radius 3 is 2.24 bits per heavy atom. The van der Waals surface area contributed by atoms with Gasteiger partial charge in [-0.25, -0.2) is 0 Å². The molecule has 0 amide bonds. The molecule has 1 heterocycles. The number of benzene rings is 2. The van der Waals surface area contributed by atoms with E-state index in [4.69, 9.17) is 0 Å². The van der Waals surface area contributed by atoms with Crippen molar-refractivity contribution in [2.24, 2.45) is 0 Å². The Morgan fingerprint density at radius 2 is 1.64 bits per heavy atom. The van der Waals surface area contributed by atoms with Gasteiger partial charge in [-0.15, -0.1) is 13.2 Å². The number of ether oxygens (including phenoxy) is 1. The second-order valence-electron chi connectivity index (χ2n) is 5.86. The minimum Gasteiger partial charge on any atom is -0.508 e. The number of piperazine rings is 1. The number of nitrogens with one attached hydrogen (secondary N) is 1. The second kappa shape index (κ2) is 7.33. The summed E-state index contributed by atoms with van der Waals surface area (Å²) in [5, 5.41) is 13.5. The van der Waals surface area contributed by atoms with Crippen molar-refractivity contribution in [1.82, 2.24) is 10.2 Å². The van der Waals surface area contributed by atoms with Gasteiger partial charge >= 0.3 is 6.36 Å². The second-order valence-corrected chi connectivity index (χ2v) is 5.86. The van der Waals surface area contributed by atoms with Crippen LogP contribution in [0.15, 0.2) is 48.5 Å². The Labute approximate surface area is 143 Å². The molecule has 7 heteroatoms. The number of aromatic hydroxyl groups is 1. The summed E-state index contributed by atoms with van der Waals surface area (Å²) in [6, 6.07) is 12.6. The van der Waals surface area contributed by atoms with Gasteiger partial charge in [0.2, 0.25) is 0 Å². The minimum atomic E-state index is -4.71. The van der Waals surface area contributed by atoms with Gasteiger partial charge in [0.05, 0.1) is 6.04 Å². The van der Waals surface area contributed by atoms with Crippen LogP contribution >= 0.6 is 0 Å². The summed E-state index contributed by atoms with van der Waals surface area (Å²) in [5.74, 6) is -0.0887. The van der Waals surface area contributed by atoms with Crippen LogP contribution in [-0.4, -0.2) is 42.5 Å². The number of rotatable bonds is 4.